The highest BCUT2D eigenvalue weighted by Gasteiger charge is 2.34. The maximum atomic E-state index is 13.3. The lowest BCUT2D eigenvalue weighted by atomic mass is 10.1. The summed E-state index contributed by atoms with van der Waals surface area (Å²) in [5.41, 5.74) is 0.441. The second-order valence-corrected chi connectivity index (χ2v) is 6.57. The summed E-state index contributed by atoms with van der Waals surface area (Å²) in [6.07, 6.45) is -0.363. The third-order valence-electron chi connectivity index (χ3n) is 4.76. The zero-order chi connectivity index (χ0) is 19.9. The number of carbonyl (C=O) groups is 2. The predicted octanol–water partition coefficient (Wildman–Crippen LogP) is 3.32. The number of carbonyl (C=O) groups excluding carboxylic acids is 1. The van der Waals surface area contributed by atoms with Gasteiger partial charge in [0.2, 0.25) is 0 Å². The van der Waals surface area contributed by atoms with Crippen LogP contribution in [0.25, 0.3) is 0 Å². The molecule has 1 N–H and O–H groups in total. The minimum absolute atomic E-state index is 0.191. The zero-order valence-electron chi connectivity index (χ0n) is 15.8. The van der Waals surface area contributed by atoms with E-state index in [1.54, 1.807) is 30.2 Å². The predicted molar refractivity (Wildman–Crippen MR) is 104 cm³/mol. The van der Waals surface area contributed by atoms with Gasteiger partial charge in [0.05, 0.1) is 18.2 Å². The highest BCUT2D eigenvalue weighted by molar-refractivity contribution is 5.97. The summed E-state index contributed by atoms with van der Waals surface area (Å²) in [4.78, 5) is 27.6. The van der Waals surface area contributed by atoms with Crippen molar-refractivity contribution in [3.05, 3.63) is 60.2 Å². The van der Waals surface area contributed by atoms with Crippen molar-refractivity contribution in [2.24, 2.45) is 0 Å². The van der Waals surface area contributed by atoms with Gasteiger partial charge in [-0.15, -0.1) is 0 Å². The highest BCUT2D eigenvalue weighted by Crippen LogP contribution is 2.28. The number of para-hydroxylation sites is 2. The molecule has 1 aliphatic rings. The summed E-state index contributed by atoms with van der Waals surface area (Å²) in [7, 11) is 1.58. The molecule has 1 atom stereocenters. The van der Waals surface area contributed by atoms with Crippen molar-refractivity contribution >= 4 is 12.0 Å². The van der Waals surface area contributed by atoms with Gasteiger partial charge in [0.1, 0.15) is 11.5 Å². The van der Waals surface area contributed by atoms with E-state index < -0.39 is 6.09 Å². The Morgan fingerprint density at radius 3 is 2.54 bits per heavy atom. The van der Waals surface area contributed by atoms with Crippen molar-refractivity contribution in [1.29, 1.82) is 0 Å². The van der Waals surface area contributed by atoms with Crippen molar-refractivity contribution in [2.45, 2.75) is 12.5 Å². The number of carboxylic acid groups (broad SMARTS) is 1. The topological polar surface area (TPSA) is 79.3 Å². The average molecular weight is 384 g/mol. The van der Waals surface area contributed by atoms with Crippen LogP contribution in [0.3, 0.4) is 0 Å². The number of hydrogen-bond acceptors (Lipinski definition) is 4. The standard InChI is InChI=1S/C21H24N2O5/c1-27-14-13-23(16-11-12-22(15-16)21(25)26)20(24)18-9-5-6-10-19(18)28-17-7-3-2-4-8-17/h2-10,16H,11-15H2,1H3,(H,25,26)/t16-/m0/s1. The van der Waals surface area contributed by atoms with Crippen LogP contribution in [0.5, 0.6) is 11.5 Å². The molecule has 7 heteroatoms. The Labute approximate surface area is 164 Å². The summed E-state index contributed by atoms with van der Waals surface area (Å²) in [6.45, 7) is 1.47. The monoisotopic (exact) mass is 384 g/mol. The van der Waals surface area contributed by atoms with E-state index in [1.807, 2.05) is 36.4 Å². The zero-order valence-corrected chi connectivity index (χ0v) is 15.8. The molecule has 2 aromatic rings. The summed E-state index contributed by atoms with van der Waals surface area (Å²) in [5, 5.41) is 9.23. The van der Waals surface area contributed by atoms with Gasteiger partial charge in [0.15, 0.2) is 0 Å². The second kappa shape index (κ2) is 9.23. The van der Waals surface area contributed by atoms with E-state index in [9.17, 15) is 14.7 Å². The Morgan fingerprint density at radius 2 is 1.86 bits per heavy atom. The molecule has 0 bridgehead atoms. The molecule has 1 heterocycles. The van der Waals surface area contributed by atoms with Crippen molar-refractivity contribution in [2.75, 3.05) is 33.4 Å². The molecule has 0 saturated carbocycles. The Hall–Kier alpha value is -3.06. The first kappa shape index (κ1) is 19.7. The Kier molecular flexibility index (Phi) is 6.49. The maximum absolute atomic E-state index is 13.3. The van der Waals surface area contributed by atoms with E-state index >= 15 is 0 Å². The van der Waals surface area contributed by atoms with Crippen molar-refractivity contribution in [3.63, 3.8) is 0 Å². The lowest BCUT2D eigenvalue weighted by Gasteiger charge is -2.29. The molecule has 28 heavy (non-hydrogen) atoms. The molecule has 1 saturated heterocycles. The lowest BCUT2D eigenvalue weighted by Crippen LogP contribution is -2.44. The number of rotatable bonds is 7. The number of methoxy groups -OCH3 is 1. The number of nitrogens with zero attached hydrogens (tertiary/aromatic N) is 2. The van der Waals surface area contributed by atoms with Gasteiger partial charge in [-0.2, -0.15) is 0 Å². The summed E-state index contributed by atoms with van der Waals surface area (Å²) < 4.78 is 11.1. The normalized spacial score (nSPS) is 16.0. The molecule has 2 aromatic carbocycles. The molecule has 0 spiro atoms. The van der Waals surface area contributed by atoms with Crippen LogP contribution in [0, 0.1) is 0 Å². The smallest absolute Gasteiger partial charge is 0.407 e. The molecule has 1 aliphatic heterocycles. The first-order valence-electron chi connectivity index (χ1n) is 9.20. The van der Waals surface area contributed by atoms with Crippen LogP contribution in [0.4, 0.5) is 4.79 Å². The fourth-order valence-corrected chi connectivity index (χ4v) is 3.31. The van der Waals surface area contributed by atoms with E-state index in [0.29, 0.717) is 49.7 Å². The SMILES string of the molecule is COCCN(C(=O)c1ccccc1Oc1ccccc1)[C@H]1CCN(C(=O)O)C1. The van der Waals surface area contributed by atoms with Crippen LogP contribution in [-0.2, 0) is 4.74 Å². The average Bonchev–Trinajstić information content (AvgIpc) is 3.20. The molecule has 0 aliphatic carbocycles. The van der Waals surface area contributed by atoms with Crippen molar-refractivity contribution in [3.8, 4) is 11.5 Å². The van der Waals surface area contributed by atoms with Crippen LogP contribution in [-0.4, -0.2) is 66.3 Å². The van der Waals surface area contributed by atoms with E-state index in [4.69, 9.17) is 9.47 Å². The van der Waals surface area contributed by atoms with E-state index in [1.165, 1.54) is 4.90 Å². The van der Waals surface area contributed by atoms with Gasteiger partial charge in [0.25, 0.3) is 5.91 Å². The van der Waals surface area contributed by atoms with E-state index in [2.05, 4.69) is 0 Å². The highest BCUT2D eigenvalue weighted by atomic mass is 16.5. The molecule has 3 rings (SSSR count). The Morgan fingerprint density at radius 1 is 1.14 bits per heavy atom. The number of likely N-dealkylation sites (tertiary alicyclic amines) is 1. The van der Waals surface area contributed by atoms with Gasteiger partial charge >= 0.3 is 6.09 Å². The second-order valence-electron chi connectivity index (χ2n) is 6.57. The fourth-order valence-electron chi connectivity index (χ4n) is 3.31. The van der Waals surface area contributed by atoms with Gasteiger partial charge in [-0.25, -0.2) is 4.79 Å². The van der Waals surface area contributed by atoms with Crippen LogP contribution < -0.4 is 4.74 Å². The quantitative estimate of drug-likeness (QED) is 0.792. The van der Waals surface area contributed by atoms with Crippen LogP contribution in [0.1, 0.15) is 16.8 Å². The van der Waals surface area contributed by atoms with Crippen LogP contribution in [0.2, 0.25) is 0 Å². The molecule has 7 nitrogen and oxygen atoms in total. The largest absolute Gasteiger partial charge is 0.465 e. The molecule has 1 fully saturated rings. The van der Waals surface area contributed by atoms with Crippen molar-refractivity contribution < 1.29 is 24.2 Å². The van der Waals surface area contributed by atoms with Crippen LogP contribution >= 0.6 is 0 Å². The number of benzene rings is 2. The van der Waals surface area contributed by atoms with Gasteiger partial charge in [0, 0.05) is 26.7 Å². The van der Waals surface area contributed by atoms with Gasteiger partial charge in [-0.05, 0) is 30.7 Å². The van der Waals surface area contributed by atoms with Gasteiger partial charge < -0.3 is 24.4 Å². The molecule has 0 radical (unpaired) electrons. The first-order valence-corrected chi connectivity index (χ1v) is 9.20. The molecule has 148 valence electrons. The lowest BCUT2D eigenvalue weighted by molar-refractivity contribution is 0.0602. The molecule has 0 aromatic heterocycles. The summed E-state index contributed by atoms with van der Waals surface area (Å²) in [5.74, 6) is 0.916. The molecule has 2 amide bonds. The number of amides is 2. The molecular formula is C21H24N2O5. The third-order valence-corrected chi connectivity index (χ3v) is 4.76. The van der Waals surface area contributed by atoms with Gasteiger partial charge in [-0.3, -0.25) is 4.79 Å². The van der Waals surface area contributed by atoms with E-state index in [-0.39, 0.29) is 11.9 Å². The minimum Gasteiger partial charge on any atom is -0.465 e. The van der Waals surface area contributed by atoms with Crippen molar-refractivity contribution in [1.82, 2.24) is 9.80 Å². The van der Waals surface area contributed by atoms with Gasteiger partial charge in [-0.1, -0.05) is 30.3 Å². The molecule has 0 unspecified atom stereocenters. The number of ether oxygens (including phenoxy) is 2. The van der Waals surface area contributed by atoms with Crippen LogP contribution in [0.15, 0.2) is 54.6 Å². The Bertz CT molecular complexity index is 811. The summed E-state index contributed by atoms with van der Waals surface area (Å²) in [6, 6.07) is 16.2. The molecular weight excluding hydrogens is 360 g/mol. The fraction of sp³-hybridized carbons (Fsp3) is 0.333. The Balaban J connectivity index is 1.83. The first-order chi connectivity index (χ1) is 13.6. The third kappa shape index (κ3) is 4.61. The van der Waals surface area contributed by atoms with E-state index in [0.717, 1.165) is 0 Å². The minimum atomic E-state index is -0.963. The summed E-state index contributed by atoms with van der Waals surface area (Å²) >= 11 is 0. The number of hydrogen-bond donors (Lipinski definition) is 1. The maximum Gasteiger partial charge on any atom is 0.407 e.